The van der Waals surface area contributed by atoms with Crippen molar-refractivity contribution in [2.24, 2.45) is 0 Å². The molecule has 0 N–H and O–H groups in total. The van der Waals surface area contributed by atoms with E-state index in [-0.39, 0.29) is 0 Å². The molecule has 0 aliphatic heterocycles. The van der Waals surface area contributed by atoms with Gasteiger partial charge in [0.25, 0.3) is 0 Å². The highest BCUT2D eigenvalue weighted by Gasteiger charge is 2.10. The van der Waals surface area contributed by atoms with E-state index in [2.05, 4.69) is 36.3 Å². The van der Waals surface area contributed by atoms with Gasteiger partial charge in [-0.1, -0.05) is 32.5 Å². The van der Waals surface area contributed by atoms with E-state index < -0.39 is 0 Å². The molecule has 0 saturated carbocycles. The molecule has 0 aliphatic carbocycles. The summed E-state index contributed by atoms with van der Waals surface area (Å²) in [6, 6.07) is 7.81. The van der Waals surface area contributed by atoms with E-state index in [1.54, 1.807) is 16.4 Å². The van der Waals surface area contributed by atoms with Crippen LogP contribution in [0, 0.1) is 0 Å². The van der Waals surface area contributed by atoms with Crippen LogP contribution >= 0.6 is 11.8 Å². The van der Waals surface area contributed by atoms with Crippen LogP contribution in [0.1, 0.15) is 27.2 Å². The first-order valence-corrected chi connectivity index (χ1v) is 7.27. The molecule has 1 heterocycles. The van der Waals surface area contributed by atoms with Gasteiger partial charge in [-0.15, -0.1) is 5.10 Å². The van der Waals surface area contributed by atoms with Crippen LogP contribution in [0.4, 0.5) is 0 Å². The Morgan fingerprint density at radius 3 is 2.63 bits per heavy atom. The van der Waals surface area contributed by atoms with Gasteiger partial charge in [-0.05, 0) is 41.1 Å². The van der Waals surface area contributed by atoms with Crippen LogP contribution in [-0.4, -0.2) is 32.1 Å². The molecule has 0 fully saturated rings. The predicted octanol–water partition coefficient (Wildman–Crippen LogP) is 2.95. The summed E-state index contributed by atoms with van der Waals surface area (Å²) in [4.78, 5) is 0. The molecule has 1 aromatic carbocycles. The number of ether oxygens (including phenoxy) is 1. The molecule has 0 spiro atoms. The minimum absolute atomic E-state index is 0.442. The average Bonchev–Trinajstić information content (AvgIpc) is 2.84. The maximum absolute atomic E-state index is 5.56. The summed E-state index contributed by atoms with van der Waals surface area (Å²) in [5, 5.41) is 13.0. The van der Waals surface area contributed by atoms with E-state index in [1.807, 2.05) is 24.3 Å². The fourth-order valence-electron chi connectivity index (χ4n) is 1.53. The molecule has 0 atom stereocenters. The van der Waals surface area contributed by atoms with Crippen LogP contribution in [-0.2, 0) is 0 Å². The van der Waals surface area contributed by atoms with Gasteiger partial charge in [0.2, 0.25) is 5.16 Å². The van der Waals surface area contributed by atoms with Crippen LogP contribution in [0.5, 0.6) is 5.75 Å². The lowest BCUT2D eigenvalue weighted by atomic mass is 10.3. The monoisotopic (exact) mass is 278 g/mol. The number of nitrogens with zero attached hydrogens (tertiary/aromatic N) is 4. The molecule has 1 aromatic heterocycles. The number of hydrogen-bond acceptors (Lipinski definition) is 5. The zero-order valence-electron chi connectivity index (χ0n) is 11.4. The Hall–Kier alpha value is -1.56. The van der Waals surface area contributed by atoms with Gasteiger partial charge >= 0.3 is 0 Å². The Labute approximate surface area is 117 Å². The summed E-state index contributed by atoms with van der Waals surface area (Å²) < 4.78 is 7.30. The van der Waals surface area contributed by atoms with Gasteiger partial charge in [-0.2, -0.15) is 4.68 Å². The number of benzene rings is 1. The Kier molecular flexibility index (Phi) is 4.79. The lowest BCUT2D eigenvalue weighted by Crippen LogP contribution is -2.01. The molecule has 0 unspecified atom stereocenters. The van der Waals surface area contributed by atoms with E-state index in [9.17, 15) is 0 Å². The molecular weight excluding hydrogens is 260 g/mol. The third-order valence-corrected chi connectivity index (χ3v) is 3.27. The van der Waals surface area contributed by atoms with Crippen LogP contribution < -0.4 is 4.74 Å². The van der Waals surface area contributed by atoms with Crippen molar-refractivity contribution in [2.45, 2.75) is 37.6 Å². The van der Waals surface area contributed by atoms with E-state index >= 15 is 0 Å². The third kappa shape index (κ3) is 3.70. The largest absolute Gasteiger partial charge is 0.494 e. The lowest BCUT2D eigenvalue weighted by molar-refractivity contribution is 0.317. The van der Waals surface area contributed by atoms with Crippen molar-refractivity contribution < 1.29 is 4.74 Å². The topological polar surface area (TPSA) is 52.8 Å². The first-order chi connectivity index (χ1) is 9.20. The molecule has 0 saturated heterocycles. The van der Waals surface area contributed by atoms with Gasteiger partial charge in [0, 0.05) is 5.25 Å². The lowest BCUT2D eigenvalue weighted by Gasteiger charge is -2.08. The first kappa shape index (κ1) is 13.9. The van der Waals surface area contributed by atoms with E-state index in [0.29, 0.717) is 5.25 Å². The molecule has 0 radical (unpaired) electrons. The van der Waals surface area contributed by atoms with Gasteiger partial charge in [-0.25, -0.2) is 0 Å². The van der Waals surface area contributed by atoms with Crippen molar-refractivity contribution in [1.82, 2.24) is 20.2 Å². The van der Waals surface area contributed by atoms with Gasteiger partial charge < -0.3 is 4.74 Å². The molecular formula is C13H18N4OS. The maximum Gasteiger partial charge on any atom is 0.214 e. The highest BCUT2D eigenvalue weighted by atomic mass is 32.2. The van der Waals surface area contributed by atoms with Gasteiger partial charge in [0.05, 0.1) is 12.3 Å². The second kappa shape index (κ2) is 6.56. The number of rotatable bonds is 6. The van der Waals surface area contributed by atoms with Gasteiger partial charge in [-0.3, -0.25) is 0 Å². The fraction of sp³-hybridized carbons (Fsp3) is 0.462. The SMILES string of the molecule is CCCOc1ccc(-n2nnnc2SC(C)C)cc1. The Balaban J connectivity index is 2.15. The molecule has 19 heavy (non-hydrogen) atoms. The zero-order valence-corrected chi connectivity index (χ0v) is 12.2. The summed E-state index contributed by atoms with van der Waals surface area (Å²) in [5.41, 5.74) is 0.942. The average molecular weight is 278 g/mol. The van der Waals surface area contributed by atoms with Crippen molar-refractivity contribution in [1.29, 1.82) is 0 Å². The molecule has 102 valence electrons. The Morgan fingerprint density at radius 2 is 2.00 bits per heavy atom. The van der Waals surface area contributed by atoms with Crippen molar-refractivity contribution in [3.05, 3.63) is 24.3 Å². The first-order valence-electron chi connectivity index (χ1n) is 6.39. The summed E-state index contributed by atoms with van der Waals surface area (Å²) in [5.74, 6) is 0.872. The zero-order chi connectivity index (χ0) is 13.7. The predicted molar refractivity (Wildman–Crippen MR) is 75.9 cm³/mol. The van der Waals surface area contributed by atoms with Crippen molar-refractivity contribution in [3.8, 4) is 11.4 Å². The minimum atomic E-state index is 0.442. The summed E-state index contributed by atoms with van der Waals surface area (Å²) in [6.45, 7) is 7.06. The molecule has 2 rings (SSSR count). The molecule has 0 bridgehead atoms. The maximum atomic E-state index is 5.56. The Bertz CT molecular complexity index is 510. The second-order valence-electron chi connectivity index (χ2n) is 4.38. The van der Waals surface area contributed by atoms with Crippen LogP contribution in [0.2, 0.25) is 0 Å². The molecule has 6 heteroatoms. The number of hydrogen-bond donors (Lipinski definition) is 0. The number of thioether (sulfide) groups is 1. The fourth-order valence-corrected chi connectivity index (χ4v) is 2.28. The quantitative estimate of drug-likeness (QED) is 0.760. The Morgan fingerprint density at radius 1 is 1.26 bits per heavy atom. The smallest absolute Gasteiger partial charge is 0.214 e. The van der Waals surface area contributed by atoms with Crippen molar-refractivity contribution >= 4 is 11.8 Å². The van der Waals surface area contributed by atoms with Crippen LogP contribution in [0.25, 0.3) is 5.69 Å². The van der Waals surface area contributed by atoms with E-state index in [4.69, 9.17) is 4.74 Å². The highest BCUT2D eigenvalue weighted by Crippen LogP contribution is 2.23. The summed E-state index contributed by atoms with van der Waals surface area (Å²) in [7, 11) is 0. The van der Waals surface area contributed by atoms with Crippen LogP contribution in [0.15, 0.2) is 29.4 Å². The second-order valence-corrected chi connectivity index (χ2v) is 5.93. The standard InChI is InChI=1S/C13H18N4OS/c1-4-9-18-12-7-5-11(6-8-12)17-13(14-15-16-17)19-10(2)3/h5-8,10H,4,9H2,1-3H3. The summed E-state index contributed by atoms with van der Waals surface area (Å²) in [6.07, 6.45) is 1.00. The number of aromatic nitrogens is 4. The highest BCUT2D eigenvalue weighted by molar-refractivity contribution is 7.99. The minimum Gasteiger partial charge on any atom is -0.494 e. The molecule has 0 amide bonds. The van der Waals surface area contributed by atoms with E-state index in [0.717, 1.165) is 29.6 Å². The normalized spacial score (nSPS) is 10.9. The molecule has 0 aliphatic rings. The van der Waals surface area contributed by atoms with Crippen molar-refractivity contribution in [2.75, 3.05) is 6.61 Å². The number of tetrazole rings is 1. The van der Waals surface area contributed by atoms with Crippen molar-refractivity contribution in [3.63, 3.8) is 0 Å². The molecule has 2 aromatic rings. The van der Waals surface area contributed by atoms with E-state index in [1.165, 1.54) is 0 Å². The van der Waals surface area contributed by atoms with Crippen LogP contribution in [0.3, 0.4) is 0 Å². The third-order valence-electron chi connectivity index (χ3n) is 2.34. The van der Waals surface area contributed by atoms with Gasteiger partial charge in [0.1, 0.15) is 5.75 Å². The summed E-state index contributed by atoms with van der Waals surface area (Å²) >= 11 is 1.64. The van der Waals surface area contributed by atoms with Gasteiger partial charge in [0.15, 0.2) is 0 Å². The molecule has 5 nitrogen and oxygen atoms in total.